The van der Waals surface area contributed by atoms with Crippen LogP contribution in [-0.4, -0.2) is 28.5 Å². The largest absolute Gasteiger partial charge is 0.497 e. The quantitative estimate of drug-likeness (QED) is 0.347. The Kier molecular flexibility index (Phi) is 5.00. The van der Waals surface area contributed by atoms with Crippen molar-refractivity contribution in [2.45, 2.75) is 13.3 Å². The Morgan fingerprint density at radius 1 is 0.871 bits per heavy atom. The molecule has 0 aliphatic rings. The van der Waals surface area contributed by atoms with E-state index < -0.39 is 0 Å². The first-order valence-corrected chi connectivity index (χ1v) is 10.3. The molecule has 5 rings (SSSR count). The van der Waals surface area contributed by atoms with Crippen LogP contribution in [0.15, 0.2) is 78.9 Å². The van der Waals surface area contributed by atoms with Crippen LogP contribution in [0.3, 0.4) is 0 Å². The Morgan fingerprint density at radius 2 is 1.68 bits per heavy atom. The van der Waals surface area contributed by atoms with Gasteiger partial charge in [0.25, 0.3) is 0 Å². The first-order valence-electron chi connectivity index (χ1n) is 10.3. The molecule has 0 amide bonds. The predicted molar refractivity (Wildman–Crippen MR) is 123 cm³/mol. The molecule has 0 aliphatic heterocycles. The number of methoxy groups -OCH3 is 1. The number of benzene rings is 3. The van der Waals surface area contributed by atoms with E-state index in [4.69, 9.17) is 14.5 Å². The molecule has 3 aromatic carbocycles. The average molecular weight is 409 g/mol. The van der Waals surface area contributed by atoms with Crippen LogP contribution in [0.25, 0.3) is 27.5 Å². The van der Waals surface area contributed by atoms with Crippen LogP contribution in [0.4, 0.5) is 0 Å². The van der Waals surface area contributed by atoms with Gasteiger partial charge >= 0.3 is 0 Å². The number of hydrogen-bond acceptors (Lipinski definition) is 4. The second-order valence-electron chi connectivity index (χ2n) is 7.50. The molecule has 0 saturated heterocycles. The van der Waals surface area contributed by atoms with E-state index in [0.29, 0.717) is 12.5 Å². The van der Waals surface area contributed by atoms with Crippen molar-refractivity contribution < 1.29 is 9.47 Å². The number of hydrogen-bond donors (Lipinski definition) is 0. The molecule has 0 spiro atoms. The van der Waals surface area contributed by atoms with Gasteiger partial charge in [-0.2, -0.15) is 0 Å². The van der Waals surface area contributed by atoms with Crippen LogP contribution in [0.2, 0.25) is 0 Å². The van der Waals surface area contributed by atoms with Gasteiger partial charge in [0.05, 0.1) is 30.4 Å². The van der Waals surface area contributed by atoms with E-state index in [-0.39, 0.29) is 0 Å². The van der Waals surface area contributed by atoms with Gasteiger partial charge < -0.3 is 9.47 Å². The monoisotopic (exact) mass is 409 g/mol. The van der Waals surface area contributed by atoms with E-state index in [1.54, 1.807) is 7.11 Å². The maximum absolute atomic E-state index is 6.00. The summed E-state index contributed by atoms with van der Waals surface area (Å²) in [5.41, 5.74) is 5.24. The molecule has 0 bridgehead atoms. The van der Waals surface area contributed by atoms with Gasteiger partial charge in [0.1, 0.15) is 5.75 Å². The molecule has 31 heavy (non-hydrogen) atoms. The van der Waals surface area contributed by atoms with E-state index in [0.717, 1.165) is 40.0 Å². The number of aryl methyl sites for hydroxylation is 1. The Morgan fingerprint density at radius 3 is 2.52 bits per heavy atom. The first-order chi connectivity index (χ1) is 15.2. The standard InChI is InChI=1S/C26H23N3O2/c1-18-16-26(28-29(18)21-10-12-22(30-2)13-11-21)31-15-14-19-7-5-9-25-23(19)17-20-6-3-4-8-24(20)27-25/h3-13,16-17H,14-15H2,1-2H3. The third kappa shape index (κ3) is 3.82. The van der Waals surface area contributed by atoms with Gasteiger partial charge in [0, 0.05) is 29.0 Å². The summed E-state index contributed by atoms with van der Waals surface area (Å²) >= 11 is 0. The minimum absolute atomic E-state index is 0.547. The zero-order valence-corrected chi connectivity index (χ0v) is 17.6. The summed E-state index contributed by atoms with van der Waals surface area (Å²) < 4.78 is 13.1. The minimum atomic E-state index is 0.547. The Balaban J connectivity index is 1.33. The van der Waals surface area contributed by atoms with Crippen molar-refractivity contribution in [1.82, 2.24) is 14.8 Å². The fourth-order valence-corrected chi connectivity index (χ4v) is 3.85. The number of pyridine rings is 1. The van der Waals surface area contributed by atoms with Gasteiger partial charge in [0.2, 0.25) is 5.88 Å². The lowest BCUT2D eigenvalue weighted by Gasteiger charge is -2.08. The van der Waals surface area contributed by atoms with Gasteiger partial charge in [0.15, 0.2) is 0 Å². The van der Waals surface area contributed by atoms with E-state index in [2.05, 4.69) is 35.4 Å². The highest BCUT2D eigenvalue weighted by Crippen LogP contribution is 2.24. The summed E-state index contributed by atoms with van der Waals surface area (Å²) in [4.78, 5) is 4.80. The lowest BCUT2D eigenvalue weighted by molar-refractivity contribution is 0.308. The summed E-state index contributed by atoms with van der Waals surface area (Å²) in [7, 11) is 1.66. The predicted octanol–water partition coefficient (Wildman–Crippen LogP) is 5.51. The highest BCUT2D eigenvalue weighted by molar-refractivity contribution is 5.94. The fourth-order valence-electron chi connectivity index (χ4n) is 3.85. The maximum Gasteiger partial charge on any atom is 0.233 e. The van der Waals surface area contributed by atoms with Crippen LogP contribution in [0, 0.1) is 6.92 Å². The van der Waals surface area contributed by atoms with Crippen LogP contribution in [0.1, 0.15) is 11.3 Å². The second kappa shape index (κ2) is 8.11. The molecule has 2 aromatic heterocycles. The van der Waals surface area contributed by atoms with Crippen molar-refractivity contribution in [3.63, 3.8) is 0 Å². The Hall–Kier alpha value is -3.86. The molecule has 0 fully saturated rings. The summed E-state index contributed by atoms with van der Waals surface area (Å²) in [5.74, 6) is 1.44. The zero-order valence-electron chi connectivity index (χ0n) is 17.6. The smallest absolute Gasteiger partial charge is 0.233 e. The van der Waals surface area contributed by atoms with Gasteiger partial charge in [-0.05, 0) is 55.0 Å². The average Bonchev–Trinajstić information content (AvgIpc) is 3.18. The molecule has 2 heterocycles. The Bertz CT molecular complexity index is 1360. The molecule has 5 aromatic rings. The number of rotatable bonds is 6. The van der Waals surface area contributed by atoms with Crippen LogP contribution < -0.4 is 9.47 Å². The summed E-state index contributed by atoms with van der Waals surface area (Å²) in [5, 5.41) is 6.93. The van der Waals surface area contributed by atoms with Crippen molar-refractivity contribution >= 4 is 21.8 Å². The molecule has 5 heteroatoms. The van der Waals surface area contributed by atoms with Gasteiger partial charge in [-0.1, -0.05) is 30.3 Å². The molecule has 0 radical (unpaired) electrons. The molecule has 0 saturated carbocycles. The molecule has 5 nitrogen and oxygen atoms in total. The second-order valence-corrected chi connectivity index (χ2v) is 7.50. The van der Waals surface area contributed by atoms with Crippen LogP contribution in [0.5, 0.6) is 11.6 Å². The first kappa shape index (κ1) is 19.1. The molecular weight excluding hydrogens is 386 g/mol. The van der Waals surface area contributed by atoms with E-state index >= 15 is 0 Å². The number of para-hydroxylation sites is 1. The van der Waals surface area contributed by atoms with Crippen molar-refractivity contribution in [3.05, 3.63) is 90.1 Å². The van der Waals surface area contributed by atoms with Gasteiger partial charge in [-0.3, -0.25) is 0 Å². The molecule has 0 N–H and O–H groups in total. The third-order valence-electron chi connectivity index (χ3n) is 5.45. The molecule has 0 unspecified atom stereocenters. The van der Waals surface area contributed by atoms with Crippen molar-refractivity contribution in [2.24, 2.45) is 0 Å². The van der Waals surface area contributed by atoms with Crippen molar-refractivity contribution in [2.75, 3.05) is 13.7 Å². The van der Waals surface area contributed by atoms with E-state index in [1.165, 1.54) is 10.9 Å². The molecule has 154 valence electrons. The topological polar surface area (TPSA) is 49.2 Å². The lowest BCUT2D eigenvalue weighted by atomic mass is 10.0. The number of aromatic nitrogens is 3. The normalized spacial score (nSPS) is 11.2. The summed E-state index contributed by atoms with van der Waals surface area (Å²) in [6.07, 6.45) is 0.784. The molecule has 0 atom stereocenters. The minimum Gasteiger partial charge on any atom is -0.497 e. The number of fused-ring (bicyclic) bond motifs is 2. The Labute approximate surface area is 180 Å². The third-order valence-corrected chi connectivity index (χ3v) is 5.45. The number of nitrogens with zero attached hydrogens (tertiary/aromatic N) is 3. The number of ether oxygens (including phenoxy) is 2. The highest BCUT2D eigenvalue weighted by Gasteiger charge is 2.09. The van der Waals surface area contributed by atoms with Gasteiger partial charge in [-0.25, -0.2) is 9.67 Å². The molecular formula is C26H23N3O2. The summed E-state index contributed by atoms with van der Waals surface area (Å²) in [6.45, 7) is 2.57. The lowest BCUT2D eigenvalue weighted by Crippen LogP contribution is -2.04. The zero-order chi connectivity index (χ0) is 21.2. The fraction of sp³-hybridized carbons (Fsp3) is 0.154. The van der Waals surface area contributed by atoms with Crippen LogP contribution >= 0.6 is 0 Å². The summed E-state index contributed by atoms with van der Waals surface area (Å²) in [6, 6.07) is 26.5. The maximum atomic E-state index is 6.00. The van der Waals surface area contributed by atoms with Crippen molar-refractivity contribution in [1.29, 1.82) is 0 Å². The van der Waals surface area contributed by atoms with E-state index in [9.17, 15) is 0 Å². The van der Waals surface area contributed by atoms with Crippen molar-refractivity contribution in [3.8, 4) is 17.3 Å². The molecule has 0 aliphatic carbocycles. The SMILES string of the molecule is COc1ccc(-n2nc(OCCc3cccc4nc5ccccc5cc34)cc2C)cc1. The van der Waals surface area contributed by atoms with Gasteiger partial charge in [-0.15, -0.1) is 5.10 Å². The van der Waals surface area contributed by atoms with Crippen LogP contribution in [-0.2, 0) is 6.42 Å². The highest BCUT2D eigenvalue weighted by atomic mass is 16.5. The van der Waals surface area contributed by atoms with E-state index in [1.807, 2.05) is 60.1 Å².